The predicted molar refractivity (Wildman–Crippen MR) is 59.7 cm³/mol. The molecular formula is C10H11NO2S. The van der Waals surface area contributed by atoms with Crippen molar-refractivity contribution < 1.29 is 9.53 Å². The van der Waals surface area contributed by atoms with Crippen molar-refractivity contribution in [2.45, 2.75) is 6.92 Å². The van der Waals surface area contributed by atoms with Crippen LogP contribution in [0, 0.1) is 0 Å². The number of hydrogen-bond acceptors (Lipinski definition) is 3. The van der Waals surface area contributed by atoms with E-state index in [9.17, 15) is 4.79 Å². The van der Waals surface area contributed by atoms with Crippen LogP contribution in [0.25, 0.3) is 0 Å². The van der Waals surface area contributed by atoms with Crippen molar-refractivity contribution >= 4 is 28.9 Å². The third-order valence-corrected chi connectivity index (χ3v) is 1.99. The first-order valence-corrected chi connectivity index (χ1v) is 4.50. The van der Waals surface area contributed by atoms with E-state index in [-0.39, 0.29) is 5.78 Å². The molecule has 74 valence electrons. The average molecular weight is 209 g/mol. The molecule has 0 aromatic heterocycles. The first kappa shape index (κ1) is 10.7. The number of methoxy groups -OCH3 is 1. The normalized spacial score (nSPS) is 9.29. The minimum absolute atomic E-state index is 0.0471. The molecule has 0 radical (unpaired) electrons. The van der Waals surface area contributed by atoms with E-state index in [0.29, 0.717) is 10.7 Å². The molecule has 0 saturated heterocycles. The molecule has 0 bridgehead atoms. The zero-order valence-corrected chi connectivity index (χ0v) is 8.85. The quantitative estimate of drug-likeness (QED) is 0.599. The molecule has 4 heteroatoms. The number of benzene rings is 1. The van der Waals surface area contributed by atoms with E-state index in [2.05, 4.69) is 5.32 Å². The molecule has 0 heterocycles. The van der Waals surface area contributed by atoms with Crippen molar-refractivity contribution in [3.8, 4) is 0 Å². The molecule has 0 aliphatic rings. The summed E-state index contributed by atoms with van der Waals surface area (Å²) in [5.41, 5.74) is 1.49. The second kappa shape index (κ2) is 4.72. The molecule has 3 nitrogen and oxygen atoms in total. The number of thiocarbonyl (C=S) groups is 1. The van der Waals surface area contributed by atoms with Crippen LogP contribution in [0.1, 0.15) is 17.3 Å². The highest BCUT2D eigenvalue weighted by Gasteiger charge is 1.99. The van der Waals surface area contributed by atoms with Gasteiger partial charge in [0.25, 0.3) is 5.17 Å². The molecule has 0 amide bonds. The van der Waals surface area contributed by atoms with Crippen LogP contribution in [-0.4, -0.2) is 18.1 Å². The Kier molecular flexibility index (Phi) is 3.59. The summed E-state index contributed by atoms with van der Waals surface area (Å²) in [6, 6.07) is 7.04. The Morgan fingerprint density at radius 2 is 1.93 bits per heavy atom. The highest BCUT2D eigenvalue weighted by molar-refractivity contribution is 7.80. The van der Waals surface area contributed by atoms with Gasteiger partial charge in [0.1, 0.15) is 0 Å². The van der Waals surface area contributed by atoms with Gasteiger partial charge in [0.05, 0.1) is 7.11 Å². The fourth-order valence-corrected chi connectivity index (χ4v) is 1.08. The molecule has 0 spiro atoms. The second-order valence-corrected chi connectivity index (χ2v) is 3.12. The lowest BCUT2D eigenvalue weighted by atomic mass is 10.1. The molecule has 1 aromatic carbocycles. The van der Waals surface area contributed by atoms with E-state index in [1.165, 1.54) is 14.0 Å². The third-order valence-electron chi connectivity index (χ3n) is 1.72. The number of Topliss-reactive ketones (excluding diaryl/α,β-unsaturated/α-hetero) is 1. The van der Waals surface area contributed by atoms with E-state index < -0.39 is 0 Å². The summed E-state index contributed by atoms with van der Waals surface area (Å²) in [6.45, 7) is 1.53. The minimum atomic E-state index is 0.0471. The Bertz CT molecular complexity index is 346. The Morgan fingerprint density at radius 1 is 1.36 bits per heavy atom. The topological polar surface area (TPSA) is 38.3 Å². The monoisotopic (exact) mass is 209 g/mol. The molecule has 0 unspecified atom stereocenters. The fourth-order valence-electron chi connectivity index (χ4n) is 0.957. The number of anilines is 1. The molecule has 0 saturated carbocycles. The lowest BCUT2D eigenvalue weighted by Gasteiger charge is -2.05. The molecule has 1 rings (SSSR count). The van der Waals surface area contributed by atoms with Crippen molar-refractivity contribution in [1.29, 1.82) is 0 Å². The Labute approximate surface area is 88.1 Å². The molecule has 0 aliphatic heterocycles. The van der Waals surface area contributed by atoms with Gasteiger partial charge in [0, 0.05) is 11.3 Å². The lowest BCUT2D eigenvalue weighted by molar-refractivity contribution is 0.101. The molecule has 0 fully saturated rings. The minimum Gasteiger partial charge on any atom is -0.474 e. The lowest BCUT2D eigenvalue weighted by Crippen LogP contribution is -2.10. The van der Waals surface area contributed by atoms with Gasteiger partial charge >= 0.3 is 0 Å². The predicted octanol–water partition coefficient (Wildman–Crippen LogP) is 2.23. The first-order valence-electron chi connectivity index (χ1n) is 4.09. The van der Waals surface area contributed by atoms with E-state index in [1.54, 1.807) is 24.3 Å². The summed E-state index contributed by atoms with van der Waals surface area (Å²) < 4.78 is 4.79. The fraction of sp³-hybridized carbons (Fsp3) is 0.200. The van der Waals surface area contributed by atoms with Crippen LogP contribution in [0.2, 0.25) is 0 Å². The van der Waals surface area contributed by atoms with Gasteiger partial charge in [0.15, 0.2) is 5.78 Å². The molecule has 0 atom stereocenters. The van der Waals surface area contributed by atoms with Crippen LogP contribution in [-0.2, 0) is 4.74 Å². The van der Waals surface area contributed by atoms with Gasteiger partial charge < -0.3 is 10.1 Å². The highest BCUT2D eigenvalue weighted by Crippen LogP contribution is 2.10. The number of carbonyl (C=O) groups excluding carboxylic acids is 1. The van der Waals surface area contributed by atoms with Crippen LogP contribution < -0.4 is 5.32 Å². The highest BCUT2D eigenvalue weighted by atomic mass is 32.1. The zero-order chi connectivity index (χ0) is 10.6. The van der Waals surface area contributed by atoms with Crippen LogP contribution in [0.15, 0.2) is 24.3 Å². The largest absolute Gasteiger partial charge is 0.474 e. The maximum absolute atomic E-state index is 11.0. The van der Waals surface area contributed by atoms with Gasteiger partial charge in [0.2, 0.25) is 0 Å². The van der Waals surface area contributed by atoms with Crippen molar-refractivity contribution in [2.75, 3.05) is 12.4 Å². The standard InChI is InChI=1S/C10H11NO2S/c1-7(12)8-3-5-9(6-4-8)11-10(14)13-2/h3-6H,1-2H3,(H,11,14). The third kappa shape index (κ3) is 2.81. The SMILES string of the molecule is COC(=S)Nc1ccc(C(C)=O)cc1. The second-order valence-electron chi connectivity index (χ2n) is 2.75. The number of ether oxygens (including phenoxy) is 1. The maximum Gasteiger partial charge on any atom is 0.260 e. The average Bonchev–Trinajstić information content (AvgIpc) is 2.18. The Hall–Kier alpha value is -1.42. The molecule has 14 heavy (non-hydrogen) atoms. The van der Waals surface area contributed by atoms with E-state index in [1.807, 2.05) is 0 Å². The number of nitrogens with one attached hydrogen (secondary N) is 1. The van der Waals surface area contributed by atoms with Crippen molar-refractivity contribution in [3.63, 3.8) is 0 Å². The first-order chi connectivity index (χ1) is 6.63. The molecule has 1 aromatic rings. The molecule has 1 N–H and O–H groups in total. The summed E-state index contributed by atoms with van der Waals surface area (Å²) in [5, 5.41) is 3.16. The maximum atomic E-state index is 11.0. The summed E-state index contributed by atoms with van der Waals surface area (Å²) in [4.78, 5) is 11.0. The van der Waals surface area contributed by atoms with E-state index >= 15 is 0 Å². The van der Waals surface area contributed by atoms with Gasteiger partial charge in [-0.05, 0) is 43.4 Å². The van der Waals surface area contributed by atoms with Crippen molar-refractivity contribution in [2.24, 2.45) is 0 Å². The van der Waals surface area contributed by atoms with Gasteiger partial charge in [-0.2, -0.15) is 0 Å². The van der Waals surface area contributed by atoms with Crippen LogP contribution >= 0.6 is 12.2 Å². The zero-order valence-electron chi connectivity index (χ0n) is 8.03. The molecular weight excluding hydrogens is 198 g/mol. The Morgan fingerprint density at radius 3 is 2.36 bits per heavy atom. The van der Waals surface area contributed by atoms with Gasteiger partial charge in [-0.25, -0.2) is 0 Å². The van der Waals surface area contributed by atoms with Crippen LogP contribution in [0.4, 0.5) is 5.69 Å². The van der Waals surface area contributed by atoms with E-state index in [4.69, 9.17) is 17.0 Å². The Balaban J connectivity index is 2.73. The van der Waals surface area contributed by atoms with Crippen molar-refractivity contribution in [1.82, 2.24) is 0 Å². The van der Waals surface area contributed by atoms with E-state index in [0.717, 1.165) is 5.69 Å². The number of hydrogen-bond donors (Lipinski definition) is 1. The number of ketones is 1. The summed E-state index contributed by atoms with van der Waals surface area (Å²) in [6.07, 6.45) is 0. The number of carbonyl (C=O) groups is 1. The van der Waals surface area contributed by atoms with Crippen LogP contribution in [0.3, 0.4) is 0 Å². The number of rotatable bonds is 2. The van der Waals surface area contributed by atoms with Crippen molar-refractivity contribution in [3.05, 3.63) is 29.8 Å². The molecule has 0 aliphatic carbocycles. The summed E-state index contributed by atoms with van der Waals surface area (Å²) in [7, 11) is 1.50. The van der Waals surface area contributed by atoms with Gasteiger partial charge in [-0.1, -0.05) is 0 Å². The smallest absolute Gasteiger partial charge is 0.260 e. The summed E-state index contributed by atoms with van der Waals surface area (Å²) in [5.74, 6) is 0.0471. The van der Waals surface area contributed by atoms with Gasteiger partial charge in [-0.15, -0.1) is 0 Å². The van der Waals surface area contributed by atoms with Crippen LogP contribution in [0.5, 0.6) is 0 Å². The summed E-state index contributed by atoms with van der Waals surface area (Å²) >= 11 is 4.82. The van der Waals surface area contributed by atoms with Gasteiger partial charge in [-0.3, -0.25) is 4.79 Å².